The second-order valence-corrected chi connectivity index (χ2v) is 6.43. The molecule has 0 aromatic heterocycles. The molecular formula is C21H24N2O7. The summed E-state index contributed by atoms with van der Waals surface area (Å²) in [6.45, 7) is 3.61. The van der Waals surface area contributed by atoms with E-state index in [0.29, 0.717) is 30.2 Å². The van der Waals surface area contributed by atoms with Gasteiger partial charge in [-0.25, -0.2) is 4.79 Å². The fourth-order valence-electron chi connectivity index (χ4n) is 2.81. The number of rotatable bonds is 9. The number of likely N-dealkylation sites (N-methyl/N-ethyl adjacent to an activating group) is 1. The standard InChI is InChI=1S/C21H24N2O7/c1-5-22(12-15-7-9-18(28-3)19(10-15)29-4)20(24)13-30-21(25)16-8-6-14(2)17(11-16)23(26)27/h6-11H,5,12-13H2,1-4H3. The zero-order chi connectivity index (χ0) is 22.3. The van der Waals surface area contributed by atoms with Crippen molar-refractivity contribution in [2.24, 2.45) is 0 Å². The van der Waals surface area contributed by atoms with Crippen LogP contribution in [0.25, 0.3) is 0 Å². The summed E-state index contributed by atoms with van der Waals surface area (Å²) in [7, 11) is 3.07. The molecule has 0 N–H and O–H groups in total. The summed E-state index contributed by atoms with van der Waals surface area (Å²) >= 11 is 0. The van der Waals surface area contributed by atoms with E-state index in [-0.39, 0.29) is 17.2 Å². The maximum atomic E-state index is 12.5. The smallest absolute Gasteiger partial charge is 0.338 e. The van der Waals surface area contributed by atoms with Crippen molar-refractivity contribution in [3.63, 3.8) is 0 Å². The monoisotopic (exact) mass is 416 g/mol. The quantitative estimate of drug-likeness (QED) is 0.351. The van der Waals surface area contributed by atoms with Gasteiger partial charge in [0, 0.05) is 24.7 Å². The van der Waals surface area contributed by atoms with Gasteiger partial charge in [0.25, 0.3) is 11.6 Å². The Kier molecular flexibility index (Phi) is 7.74. The maximum absolute atomic E-state index is 12.5. The number of benzene rings is 2. The van der Waals surface area contributed by atoms with Crippen molar-refractivity contribution in [1.29, 1.82) is 0 Å². The molecule has 9 heteroatoms. The molecule has 0 atom stereocenters. The molecule has 0 bridgehead atoms. The van der Waals surface area contributed by atoms with Crippen LogP contribution in [-0.2, 0) is 16.1 Å². The van der Waals surface area contributed by atoms with Crippen LogP contribution in [0, 0.1) is 17.0 Å². The number of carbonyl (C=O) groups excluding carboxylic acids is 2. The van der Waals surface area contributed by atoms with Gasteiger partial charge in [0.05, 0.1) is 24.7 Å². The highest BCUT2D eigenvalue weighted by Crippen LogP contribution is 2.28. The van der Waals surface area contributed by atoms with Gasteiger partial charge in [-0.2, -0.15) is 0 Å². The zero-order valence-corrected chi connectivity index (χ0v) is 17.3. The van der Waals surface area contributed by atoms with E-state index < -0.39 is 17.5 Å². The molecule has 0 radical (unpaired) electrons. The van der Waals surface area contributed by atoms with Gasteiger partial charge in [0.2, 0.25) is 0 Å². The van der Waals surface area contributed by atoms with E-state index in [0.717, 1.165) is 11.6 Å². The molecule has 0 aliphatic heterocycles. The summed E-state index contributed by atoms with van der Waals surface area (Å²) in [6.07, 6.45) is 0. The van der Waals surface area contributed by atoms with Crippen LogP contribution in [0.2, 0.25) is 0 Å². The molecular weight excluding hydrogens is 392 g/mol. The summed E-state index contributed by atoms with van der Waals surface area (Å²) in [4.78, 5) is 36.7. The first-order chi connectivity index (χ1) is 14.3. The molecule has 0 unspecified atom stereocenters. The third-order valence-corrected chi connectivity index (χ3v) is 4.52. The molecule has 0 aliphatic carbocycles. The molecule has 30 heavy (non-hydrogen) atoms. The van der Waals surface area contributed by atoms with Gasteiger partial charge in [-0.1, -0.05) is 12.1 Å². The lowest BCUT2D eigenvalue weighted by Crippen LogP contribution is -2.34. The van der Waals surface area contributed by atoms with Gasteiger partial charge < -0.3 is 19.1 Å². The highest BCUT2D eigenvalue weighted by Gasteiger charge is 2.19. The Bertz CT molecular complexity index is 943. The number of aryl methyl sites for hydroxylation is 1. The highest BCUT2D eigenvalue weighted by atomic mass is 16.6. The van der Waals surface area contributed by atoms with Crippen molar-refractivity contribution in [3.05, 3.63) is 63.2 Å². The molecule has 160 valence electrons. The molecule has 9 nitrogen and oxygen atoms in total. The second-order valence-electron chi connectivity index (χ2n) is 6.43. The van der Waals surface area contributed by atoms with Crippen LogP contribution in [0.15, 0.2) is 36.4 Å². The number of nitro groups is 1. The van der Waals surface area contributed by atoms with Crippen LogP contribution in [0.4, 0.5) is 5.69 Å². The third-order valence-electron chi connectivity index (χ3n) is 4.52. The Labute approximate surface area is 174 Å². The fraction of sp³-hybridized carbons (Fsp3) is 0.333. The number of nitro benzene ring substituents is 1. The lowest BCUT2D eigenvalue weighted by Gasteiger charge is -2.21. The molecule has 0 saturated carbocycles. The van der Waals surface area contributed by atoms with E-state index in [1.54, 1.807) is 19.1 Å². The molecule has 0 aliphatic rings. The van der Waals surface area contributed by atoms with Crippen molar-refractivity contribution in [2.45, 2.75) is 20.4 Å². The number of methoxy groups -OCH3 is 2. The number of hydrogen-bond acceptors (Lipinski definition) is 7. The summed E-state index contributed by atoms with van der Waals surface area (Å²) in [5, 5.41) is 11.0. The predicted molar refractivity (Wildman–Crippen MR) is 109 cm³/mol. The van der Waals surface area contributed by atoms with Gasteiger partial charge in [-0.05, 0) is 37.6 Å². The molecule has 1 amide bonds. The van der Waals surface area contributed by atoms with Crippen molar-refractivity contribution >= 4 is 17.6 Å². The van der Waals surface area contributed by atoms with E-state index >= 15 is 0 Å². The minimum absolute atomic E-state index is 0.0167. The Hall–Kier alpha value is -3.62. The SMILES string of the molecule is CCN(Cc1ccc(OC)c(OC)c1)C(=O)COC(=O)c1ccc(C)c([N+](=O)[O-])c1. The first kappa shape index (κ1) is 22.7. The molecule has 0 heterocycles. The van der Waals surface area contributed by atoms with Crippen LogP contribution >= 0.6 is 0 Å². The van der Waals surface area contributed by atoms with Crippen LogP contribution in [0.1, 0.15) is 28.4 Å². The number of carbonyl (C=O) groups is 2. The van der Waals surface area contributed by atoms with Crippen molar-refractivity contribution < 1.29 is 28.7 Å². The Morgan fingerprint density at radius 3 is 2.37 bits per heavy atom. The average molecular weight is 416 g/mol. The van der Waals surface area contributed by atoms with Crippen LogP contribution < -0.4 is 9.47 Å². The number of ether oxygens (including phenoxy) is 3. The molecule has 2 aromatic carbocycles. The van der Waals surface area contributed by atoms with E-state index in [1.807, 2.05) is 13.0 Å². The van der Waals surface area contributed by atoms with Crippen molar-refractivity contribution in [1.82, 2.24) is 4.90 Å². The van der Waals surface area contributed by atoms with Crippen LogP contribution in [0.3, 0.4) is 0 Å². The Morgan fingerprint density at radius 1 is 1.07 bits per heavy atom. The normalized spacial score (nSPS) is 10.3. The summed E-state index contributed by atoms with van der Waals surface area (Å²) in [5.41, 5.74) is 1.09. The Morgan fingerprint density at radius 2 is 1.77 bits per heavy atom. The highest BCUT2D eigenvalue weighted by molar-refractivity contribution is 5.92. The van der Waals surface area contributed by atoms with E-state index in [1.165, 1.54) is 31.3 Å². The number of hydrogen-bond donors (Lipinski definition) is 0. The maximum Gasteiger partial charge on any atom is 0.338 e. The lowest BCUT2D eigenvalue weighted by atomic mass is 10.1. The average Bonchev–Trinajstić information content (AvgIpc) is 2.75. The largest absolute Gasteiger partial charge is 0.493 e. The summed E-state index contributed by atoms with van der Waals surface area (Å²) in [5.74, 6) is -0.0569. The first-order valence-electron chi connectivity index (χ1n) is 9.21. The molecule has 0 saturated heterocycles. The van der Waals surface area contributed by atoms with Gasteiger partial charge in [-0.3, -0.25) is 14.9 Å². The van der Waals surface area contributed by atoms with E-state index in [2.05, 4.69) is 0 Å². The lowest BCUT2D eigenvalue weighted by molar-refractivity contribution is -0.385. The number of esters is 1. The van der Waals surface area contributed by atoms with E-state index in [4.69, 9.17) is 14.2 Å². The van der Waals surface area contributed by atoms with E-state index in [9.17, 15) is 19.7 Å². The molecule has 0 spiro atoms. The predicted octanol–water partition coefficient (Wildman–Crippen LogP) is 3.13. The fourth-order valence-corrected chi connectivity index (χ4v) is 2.81. The Balaban J connectivity index is 2.03. The minimum atomic E-state index is -0.798. The third kappa shape index (κ3) is 5.47. The van der Waals surface area contributed by atoms with Gasteiger partial charge in [0.1, 0.15) is 0 Å². The summed E-state index contributed by atoms with van der Waals surface area (Å²) < 4.78 is 15.5. The molecule has 2 rings (SSSR count). The number of nitrogens with zero attached hydrogens (tertiary/aromatic N) is 2. The van der Waals surface area contributed by atoms with Gasteiger partial charge in [-0.15, -0.1) is 0 Å². The van der Waals surface area contributed by atoms with Crippen molar-refractivity contribution in [3.8, 4) is 11.5 Å². The topological polar surface area (TPSA) is 108 Å². The minimum Gasteiger partial charge on any atom is -0.493 e. The zero-order valence-electron chi connectivity index (χ0n) is 17.3. The van der Waals surface area contributed by atoms with Crippen LogP contribution in [0.5, 0.6) is 11.5 Å². The van der Waals surface area contributed by atoms with Gasteiger partial charge in [0.15, 0.2) is 18.1 Å². The second kappa shape index (κ2) is 10.2. The summed E-state index contributed by atoms with van der Waals surface area (Å²) in [6, 6.07) is 9.36. The van der Waals surface area contributed by atoms with Crippen molar-refractivity contribution in [2.75, 3.05) is 27.4 Å². The molecule has 0 fully saturated rings. The molecule has 2 aromatic rings. The first-order valence-corrected chi connectivity index (χ1v) is 9.21. The van der Waals surface area contributed by atoms with Gasteiger partial charge >= 0.3 is 5.97 Å². The number of amides is 1. The van der Waals surface area contributed by atoms with Crippen LogP contribution in [-0.4, -0.2) is 49.1 Å².